The van der Waals surface area contributed by atoms with Crippen LogP contribution in [0.5, 0.6) is 0 Å². The van der Waals surface area contributed by atoms with E-state index in [-0.39, 0.29) is 0 Å². The van der Waals surface area contributed by atoms with Crippen LogP contribution < -0.4 is 0 Å². The van der Waals surface area contributed by atoms with E-state index in [4.69, 9.17) is 4.89 Å². The molecule has 0 aromatic carbocycles. The first kappa shape index (κ1) is 27.2. The van der Waals surface area contributed by atoms with Gasteiger partial charge in [-0.25, -0.2) is 0 Å². The Bertz CT molecular complexity index is 294. The summed E-state index contributed by atoms with van der Waals surface area (Å²) in [6.07, 6.45) is 31.0. The second-order valence-electron chi connectivity index (χ2n) is 8.57. The van der Waals surface area contributed by atoms with Crippen LogP contribution >= 0.6 is 8.03 Å². The maximum absolute atomic E-state index is 10.6. The average Bonchev–Trinajstić information content (AvgIpc) is 2.65. The average molecular weight is 403 g/mol. The molecular formula is C24H51O2P. The molecule has 27 heavy (non-hydrogen) atoms. The van der Waals surface area contributed by atoms with Crippen molar-refractivity contribution in [3.8, 4) is 0 Å². The maximum Gasteiger partial charge on any atom is 0.189 e. The summed E-state index contributed by atoms with van der Waals surface area (Å²) in [6, 6.07) is 0. The van der Waals surface area contributed by atoms with Crippen LogP contribution in [0.1, 0.15) is 148 Å². The van der Waals surface area contributed by atoms with Gasteiger partial charge in [0.05, 0.1) is 0 Å². The fraction of sp³-hybridized carbons (Fsp3) is 1.00. The van der Waals surface area contributed by atoms with Gasteiger partial charge in [0.25, 0.3) is 0 Å². The second kappa shape index (κ2) is 24.2. The van der Waals surface area contributed by atoms with Crippen LogP contribution in [0.25, 0.3) is 0 Å². The van der Waals surface area contributed by atoms with Gasteiger partial charge < -0.3 is 4.89 Å². The Morgan fingerprint density at radius 3 is 0.889 bits per heavy atom. The van der Waals surface area contributed by atoms with E-state index in [2.05, 4.69) is 6.92 Å². The van der Waals surface area contributed by atoms with Crippen LogP contribution in [-0.4, -0.2) is 11.1 Å². The summed E-state index contributed by atoms with van der Waals surface area (Å²) in [5.74, 6) is 0. The summed E-state index contributed by atoms with van der Waals surface area (Å²) >= 11 is 0. The summed E-state index contributed by atoms with van der Waals surface area (Å²) in [7, 11) is -2.21. The van der Waals surface area contributed by atoms with Gasteiger partial charge in [0.2, 0.25) is 0 Å². The summed E-state index contributed by atoms with van der Waals surface area (Å²) in [5, 5.41) is 0. The van der Waals surface area contributed by atoms with Crippen molar-refractivity contribution >= 4 is 8.03 Å². The van der Waals surface area contributed by atoms with Gasteiger partial charge in [0.1, 0.15) is 0 Å². The number of hydrogen-bond acceptors (Lipinski definition) is 1. The monoisotopic (exact) mass is 402 g/mol. The molecule has 0 spiro atoms. The fourth-order valence-corrected chi connectivity index (χ4v) is 4.44. The third kappa shape index (κ3) is 26.2. The lowest BCUT2D eigenvalue weighted by molar-refractivity contribution is 0.497. The zero-order chi connectivity index (χ0) is 19.8. The highest BCUT2D eigenvalue weighted by Crippen LogP contribution is 2.18. The molecule has 0 aliphatic carbocycles. The molecule has 3 heteroatoms. The molecule has 0 saturated carbocycles. The van der Waals surface area contributed by atoms with Crippen molar-refractivity contribution < 1.29 is 9.46 Å². The molecule has 0 saturated heterocycles. The van der Waals surface area contributed by atoms with Crippen molar-refractivity contribution in [1.82, 2.24) is 0 Å². The zero-order valence-electron chi connectivity index (χ0n) is 18.6. The lowest BCUT2D eigenvalue weighted by Gasteiger charge is -2.04. The van der Waals surface area contributed by atoms with Crippen LogP contribution in [0.4, 0.5) is 0 Å². The molecule has 1 unspecified atom stereocenters. The van der Waals surface area contributed by atoms with Crippen molar-refractivity contribution in [3.63, 3.8) is 0 Å². The number of rotatable bonds is 23. The summed E-state index contributed by atoms with van der Waals surface area (Å²) in [6.45, 7) is 2.29. The van der Waals surface area contributed by atoms with E-state index in [0.717, 1.165) is 12.8 Å². The minimum absolute atomic E-state index is 0.532. The van der Waals surface area contributed by atoms with E-state index >= 15 is 0 Å². The van der Waals surface area contributed by atoms with Crippen molar-refractivity contribution in [1.29, 1.82) is 0 Å². The number of hydrogen-bond donors (Lipinski definition) is 1. The van der Waals surface area contributed by atoms with Crippen LogP contribution in [0.2, 0.25) is 0 Å². The molecule has 1 N–H and O–H groups in total. The van der Waals surface area contributed by atoms with Gasteiger partial charge in [0, 0.05) is 6.16 Å². The van der Waals surface area contributed by atoms with E-state index in [1.54, 1.807) is 0 Å². The molecule has 0 aliphatic rings. The highest BCUT2D eigenvalue weighted by molar-refractivity contribution is 7.37. The normalized spacial score (nSPS) is 12.5. The first-order valence-corrected chi connectivity index (χ1v) is 14.1. The van der Waals surface area contributed by atoms with Crippen molar-refractivity contribution in [2.75, 3.05) is 6.16 Å². The molecule has 1 atom stereocenters. The second-order valence-corrected chi connectivity index (χ2v) is 9.86. The van der Waals surface area contributed by atoms with Crippen LogP contribution in [0.15, 0.2) is 0 Å². The predicted molar refractivity (Wildman–Crippen MR) is 123 cm³/mol. The Morgan fingerprint density at radius 2 is 0.667 bits per heavy atom. The van der Waals surface area contributed by atoms with Gasteiger partial charge in [-0.3, -0.25) is 4.57 Å². The molecule has 0 aromatic rings. The van der Waals surface area contributed by atoms with Crippen molar-refractivity contribution in [2.24, 2.45) is 0 Å². The van der Waals surface area contributed by atoms with Gasteiger partial charge in [-0.05, 0) is 6.42 Å². The van der Waals surface area contributed by atoms with Gasteiger partial charge in [0.15, 0.2) is 8.03 Å². The maximum atomic E-state index is 10.6. The molecular weight excluding hydrogens is 351 g/mol. The molecule has 0 bridgehead atoms. The first-order chi connectivity index (χ1) is 13.3. The summed E-state index contributed by atoms with van der Waals surface area (Å²) in [4.78, 5) is 8.76. The molecule has 0 heterocycles. The van der Waals surface area contributed by atoms with Crippen molar-refractivity contribution in [2.45, 2.75) is 148 Å². The van der Waals surface area contributed by atoms with E-state index in [1.807, 2.05) is 0 Å². The lowest BCUT2D eigenvalue weighted by atomic mass is 10.0. The minimum atomic E-state index is -2.21. The molecule has 0 aliphatic heterocycles. The molecule has 0 radical (unpaired) electrons. The van der Waals surface area contributed by atoms with Crippen LogP contribution in [0, 0.1) is 0 Å². The summed E-state index contributed by atoms with van der Waals surface area (Å²) < 4.78 is 10.6. The highest BCUT2D eigenvalue weighted by Gasteiger charge is 1.96. The SMILES string of the molecule is CCCCCCCCCCCCCCCCCCCCCCCC[PH](=O)O. The van der Waals surface area contributed by atoms with E-state index in [0.29, 0.717) is 6.16 Å². The Balaban J connectivity index is 2.98. The predicted octanol–water partition coefficient (Wildman–Crippen LogP) is 9.06. The Hall–Kier alpha value is 0.190. The molecule has 0 aromatic heterocycles. The standard InChI is InChI=1S/C24H51O2P/c1-2-3-4-5-6-7-8-9-10-11-12-13-14-15-16-17-18-19-20-21-22-23-24-27(25)26/h27H,2-24H2,1H3,(H,25,26). The third-order valence-corrected chi connectivity index (χ3v) is 6.53. The van der Waals surface area contributed by atoms with Gasteiger partial charge in [-0.1, -0.05) is 142 Å². The van der Waals surface area contributed by atoms with Gasteiger partial charge in [-0.15, -0.1) is 0 Å². The Labute approximate surface area is 172 Å². The minimum Gasteiger partial charge on any atom is -0.346 e. The molecule has 2 nitrogen and oxygen atoms in total. The van der Waals surface area contributed by atoms with E-state index < -0.39 is 8.03 Å². The fourth-order valence-electron chi connectivity index (χ4n) is 3.88. The van der Waals surface area contributed by atoms with Gasteiger partial charge >= 0.3 is 0 Å². The first-order valence-electron chi connectivity index (χ1n) is 12.5. The Morgan fingerprint density at radius 1 is 0.444 bits per heavy atom. The topological polar surface area (TPSA) is 37.3 Å². The Kier molecular flexibility index (Phi) is 24.4. The smallest absolute Gasteiger partial charge is 0.189 e. The van der Waals surface area contributed by atoms with Gasteiger partial charge in [-0.2, -0.15) is 0 Å². The number of unbranched alkanes of at least 4 members (excludes halogenated alkanes) is 21. The van der Waals surface area contributed by atoms with Crippen LogP contribution in [-0.2, 0) is 4.57 Å². The third-order valence-electron chi connectivity index (χ3n) is 5.74. The van der Waals surface area contributed by atoms with Crippen molar-refractivity contribution in [3.05, 3.63) is 0 Å². The quantitative estimate of drug-likeness (QED) is 0.137. The molecule has 0 rings (SSSR count). The molecule has 0 fully saturated rings. The molecule has 0 amide bonds. The van der Waals surface area contributed by atoms with E-state index in [1.165, 1.54) is 128 Å². The van der Waals surface area contributed by atoms with E-state index in [9.17, 15) is 4.57 Å². The molecule has 164 valence electrons. The van der Waals surface area contributed by atoms with Crippen LogP contribution in [0.3, 0.4) is 0 Å². The lowest BCUT2D eigenvalue weighted by Crippen LogP contribution is -1.85. The largest absolute Gasteiger partial charge is 0.346 e. The highest BCUT2D eigenvalue weighted by atomic mass is 31.1. The zero-order valence-corrected chi connectivity index (χ0v) is 19.6. The summed E-state index contributed by atoms with van der Waals surface area (Å²) in [5.41, 5.74) is 0.